The topological polar surface area (TPSA) is 103 Å². The lowest BCUT2D eigenvalue weighted by molar-refractivity contribution is -0.121. The van der Waals surface area contributed by atoms with Crippen LogP contribution in [0.1, 0.15) is 30.1 Å². The molecule has 2 amide bonds. The number of halogens is 2. The fourth-order valence-electron chi connectivity index (χ4n) is 2.49. The minimum atomic E-state index is -0.802. The standard InChI is InChI=1S/C22H24BrClN2O6/c1-2-30-22(29)32-17-8-5-15(6-9-17)21(28)26-12-11-25-20(27)4-3-13-31-19-10-7-16(23)14-18(19)24/h5-10,14H,2-4,11-13H2,1H3,(H,25,27)(H,26,28). The molecule has 0 atom stereocenters. The van der Waals surface area contributed by atoms with Gasteiger partial charge in [0.05, 0.1) is 18.2 Å². The molecule has 0 fully saturated rings. The van der Waals surface area contributed by atoms with Gasteiger partial charge in [-0.1, -0.05) is 27.5 Å². The Balaban J connectivity index is 1.59. The van der Waals surface area contributed by atoms with Crippen molar-refractivity contribution in [2.24, 2.45) is 0 Å². The van der Waals surface area contributed by atoms with Crippen LogP contribution in [0.3, 0.4) is 0 Å². The normalized spacial score (nSPS) is 10.2. The molecule has 0 unspecified atom stereocenters. The quantitative estimate of drug-likeness (QED) is 0.256. The molecule has 0 radical (unpaired) electrons. The van der Waals surface area contributed by atoms with Gasteiger partial charge >= 0.3 is 6.16 Å². The van der Waals surface area contributed by atoms with E-state index in [1.165, 1.54) is 24.3 Å². The highest BCUT2D eigenvalue weighted by Crippen LogP contribution is 2.27. The highest BCUT2D eigenvalue weighted by Gasteiger charge is 2.09. The fourth-order valence-corrected chi connectivity index (χ4v) is 3.22. The fraction of sp³-hybridized carbons (Fsp3) is 0.318. The number of carbonyl (C=O) groups is 3. The average molecular weight is 528 g/mol. The van der Waals surface area contributed by atoms with Gasteiger partial charge in [-0.3, -0.25) is 9.59 Å². The van der Waals surface area contributed by atoms with Crippen molar-refractivity contribution < 1.29 is 28.6 Å². The number of carbonyl (C=O) groups excluding carboxylic acids is 3. The Labute approximate surface area is 199 Å². The third-order valence-electron chi connectivity index (χ3n) is 4.01. The van der Waals surface area contributed by atoms with Crippen molar-refractivity contribution in [3.8, 4) is 11.5 Å². The van der Waals surface area contributed by atoms with Crippen LogP contribution in [0.15, 0.2) is 46.9 Å². The molecule has 0 aliphatic rings. The zero-order chi connectivity index (χ0) is 23.3. The van der Waals surface area contributed by atoms with E-state index in [9.17, 15) is 14.4 Å². The summed E-state index contributed by atoms with van der Waals surface area (Å²) in [7, 11) is 0. The Kier molecular flexibility index (Phi) is 10.8. The largest absolute Gasteiger partial charge is 0.513 e. The Morgan fingerprint density at radius 3 is 2.44 bits per heavy atom. The van der Waals surface area contributed by atoms with Crippen LogP contribution in [0.25, 0.3) is 0 Å². The van der Waals surface area contributed by atoms with Gasteiger partial charge in [-0.25, -0.2) is 4.79 Å². The lowest BCUT2D eigenvalue weighted by atomic mass is 10.2. The van der Waals surface area contributed by atoms with Gasteiger partial charge in [0.15, 0.2) is 0 Å². The summed E-state index contributed by atoms with van der Waals surface area (Å²) < 4.78 is 16.0. The van der Waals surface area contributed by atoms with Crippen molar-refractivity contribution in [2.45, 2.75) is 19.8 Å². The maximum Gasteiger partial charge on any atom is 0.513 e. The van der Waals surface area contributed by atoms with E-state index in [0.717, 1.165) is 4.47 Å². The minimum absolute atomic E-state index is 0.134. The van der Waals surface area contributed by atoms with E-state index in [-0.39, 0.29) is 30.7 Å². The van der Waals surface area contributed by atoms with Crippen molar-refractivity contribution in [1.82, 2.24) is 10.6 Å². The van der Waals surface area contributed by atoms with Crippen molar-refractivity contribution >= 4 is 45.5 Å². The number of nitrogens with one attached hydrogen (secondary N) is 2. The molecule has 0 bridgehead atoms. The summed E-state index contributed by atoms with van der Waals surface area (Å²) in [6.07, 6.45) is 0.0265. The van der Waals surface area contributed by atoms with Gasteiger partial charge in [0.2, 0.25) is 5.91 Å². The summed E-state index contributed by atoms with van der Waals surface area (Å²) in [6.45, 7) is 2.82. The maximum atomic E-state index is 12.1. The monoisotopic (exact) mass is 526 g/mol. The molecule has 0 heterocycles. The Morgan fingerprint density at radius 2 is 1.75 bits per heavy atom. The Hall–Kier alpha value is -2.78. The molecule has 0 aliphatic heterocycles. The molecule has 0 aromatic heterocycles. The predicted molar refractivity (Wildman–Crippen MR) is 123 cm³/mol. The first-order valence-corrected chi connectivity index (χ1v) is 11.1. The van der Waals surface area contributed by atoms with Gasteiger partial charge in [0, 0.05) is 29.5 Å². The van der Waals surface area contributed by atoms with Crippen molar-refractivity contribution in [3.05, 3.63) is 57.5 Å². The number of rotatable bonds is 11. The number of ether oxygens (including phenoxy) is 3. The third-order valence-corrected chi connectivity index (χ3v) is 4.80. The molecule has 2 N–H and O–H groups in total. The molecule has 172 valence electrons. The summed E-state index contributed by atoms with van der Waals surface area (Å²) in [5, 5.41) is 5.94. The molecule has 2 aromatic carbocycles. The molecular formula is C22H24BrClN2O6. The molecule has 0 saturated heterocycles. The molecule has 0 aliphatic carbocycles. The smallest absolute Gasteiger partial charge is 0.492 e. The van der Waals surface area contributed by atoms with Gasteiger partial charge in [-0.2, -0.15) is 0 Å². The number of amides is 2. The number of benzene rings is 2. The van der Waals surface area contributed by atoms with Crippen LogP contribution in [-0.4, -0.2) is 44.3 Å². The van der Waals surface area contributed by atoms with Crippen LogP contribution in [0.5, 0.6) is 11.5 Å². The molecule has 2 rings (SSSR count). The highest BCUT2D eigenvalue weighted by atomic mass is 79.9. The molecule has 0 spiro atoms. The predicted octanol–water partition coefficient (Wildman–Crippen LogP) is 4.34. The van der Waals surface area contributed by atoms with Crippen molar-refractivity contribution in [3.63, 3.8) is 0 Å². The summed E-state index contributed by atoms with van der Waals surface area (Å²) in [6, 6.07) is 11.4. The van der Waals surface area contributed by atoms with E-state index >= 15 is 0 Å². The van der Waals surface area contributed by atoms with Gasteiger partial charge in [-0.05, 0) is 55.8 Å². The summed E-state index contributed by atoms with van der Waals surface area (Å²) in [5.74, 6) is 0.407. The van der Waals surface area contributed by atoms with Gasteiger partial charge in [0.25, 0.3) is 5.91 Å². The number of hydrogen-bond donors (Lipinski definition) is 2. The van der Waals surface area contributed by atoms with E-state index in [1.807, 2.05) is 6.07 Å². The number of hydrogen-bond acceptors (Lipinski definition) is 6. The first kappa shape index (κ1) is 25.5. The van der Waals surface area contributed by atoms with E-state index in [0.29, 0.717) is 42.3 Å². The average Bonchev–Trinajstić information content (AvgIpc) is 2.76. The van der Waals surface area contributed by atoms with Crippen molar-refractivity contribution in [2.75, 3.05) is 26.3 Å². The van der Waals surface area contributed by atoms with E-state index in [1.54, 1.807) is 19.1 Å². The van der Waals surface area contributed by atoms with Crippen LogP contribution in [0, 0.1) is 0 Å². The second kappa shape index (κ2) is 13.6. The van der Waals surface area contributed by atoms with Gasteiger partial charge in [-0.15, -0.1) is 0 Å². The SMILES string of the molecule is CCOC(=O)Oc1ccc(C(=O)NCCNC(=O)CCCOc2ccc(Br)cc2Cl)cc1. The molecule has 0 saturated carbocycles. The van der Waals surface area contributed by atoms with E-state index in [2.05, 4.69) is 31.3 Å². The molecule has 10 heteroatoms. The molecule has 32 heavy (non-hydrogen) atoms. The lowest BCUT2D eigenvalue weighted by Crippen LogP contribution is -2.34. The zero-order valence-corrected chi connectivity index (χ0v) is 19.8. The summed E-state index contributed by atoms with van der Waals surface area (Å²) >= 11 is 9.40. The zero-order valence-electron chi connectivity index (χ0n) is 17.5. The molecular weight excluding hydrogens is 504 g/mol. The van der Waals surface area contributed by atoms with Gasteiger partial charge < -0.3 is 24.8 Å². The molecule has 8 nitrogen and oxygen atoms in total. The summed E-state index contributed by atoms with van der Waals surface area (Å²) in [5.41, 5.74) is 0.399. The Morgan fingerprint density at radius 1 is 1.03 bits per heavy atom. The summed E-state index contributed by atoms with van der Waals surface area (Å²) in [4.78, 5) is 35.3. The van der Waals surface area contributed by atoms with Crippen LogP contribution < -0.4 is 20.1 Å². The Bertz CT molecular complexity index is 923. The molecule has 2 aromatic rings. The van der Waals surface area contributed by atoms with Crippen molar-refractivity contribution in [1.29, 1.82) is 0 Å². The van der Waals surface area contributed by atoms with E-state index < -0.39 is 6.16 Å². The van der Waals surface area contributed by atoms with Crippen LogP contribution >= 0.6 is 27.5 Å². The minimum Gasteiger partial charge on any atom is -0.492 e. The lowest BCUT2D eigenvalue weighted by Gasteiger charge is -2.09. The first-order chi connectivity index (χ1) is 15.4. The van der Waals surface area contributed by atoms with Crippen LogP contribution in [-0.2, 0) is 9.53 Å². The highest BCUT2D eigenvalue weighted by molar-refractivity contribution is 9.10. The second-order valence-electron chi connectivity index (χ2n) is 6.44. The van der Waals surface area contributed by atoms with Crippen LogP contribution in [0.4, 0.5) is 4.79 Å². The third kappa shape index (κ3) is 9.15. The van der Waals surface area contributed by atoms with E-state index in [4.69, 9.17) is 21.1 Å². The first-order valence-electron chi connectivity index (χ1n) is 9.96. The maximum absolute atomic E-state index is 12.1. The van der Waals surface area contributed by atoms with Crippen LogP contribution in [0.2, 0.25) is 5.02 Å². The van der Waals surface area contributed by atoms with Gasteiger partial charge in [0.1, 0.15) is 11.5 Å². The second-order valence-corrected chi connectivity index (χ2v) is 7.76.